The summed E-state index contributed by atoms with van der Waals surface area (Å²) in [5.74, 6) is -0.840. The first-order chi connectivity index (χ1) is 7.74. The van der Waals surface area contributed by atoms with E-state index >= 15 is 0 Å². The Bertz CT molecular complexity index is 314. The summed E-state index contributed by atoms with van der Waals surface area (Å²) in [6.45, 7) is 2.79. The zero-order valence-electron chi connectivity index (χ0n) is 9.44. The predicted molar refractivity (Wildman–Crippen MR) is 63.0 cm³/mol. The standard InChI is InChI=1S/C12H18N2O2/c1-2-8-13-14-11(12(15)16)9-10-6-4-3-5-7-10/h3-7,11,13-14H,2,8-9H2,1H3,(H,15,16)/t11-/m0/s1. The third-order valence-electron chi connectivity index (χ3n) is 2.23. The molecule has 0 amide bonds. The average molecular weight is 222 g/mol. The molecular weight excluding hydrogens is 204 g/mol. The summed E-state index contributed by atoms with van der Waals surface area (Å²) in [5.41, 5.74) is 6.74. The lowest BCUT2D eigenvalue weighted by Gasteiger charge is -2.14. The molecule has 0 saturated heterocycles. The molecular formula is C12H18N2O2. The summed E-state index contributed by atoms with van der Waals surface area (Å²) in [6, 6.07) is 9.01. The van der Waals surface area contributed by atoms with Crippen molar-refractivity contribution in [3.63, 3.8) is 0 Å². The maximum atomic E-state index is 11.0. The molecule has 0 unspecified atom stereocenters. The molecule has 1 aromatic carbocycles. The Kier molecular flexibility index (Phi) is 5.53. The van der Waals surface area contributed by atoms with Gasteiger partial charge in [-0.1, -0.05) is 37.3 Å². The normalized spacial score (nSPS) is 12.3. The number of hydrogen-bond donors (Lipinski definition) is 3. The highest BCUT2D eigenvalue weighted by Crippen LogP contribution is 2.02. The molecule has 0 bridgehead atoms. The quantitative estimate of drug-likeness (QED) is 0.479. The highest BCUT2D eigenvalue weighted by Gasteiger charge is 2.16. The number of aliphatic carboxylic acids is 1. The van der Waals surface area contributed by atoms with Crippen LogP contribution in [0.25, 0.3) is 0 Å². The van der Waals surface area contributed by atoms with E-state index in [0.29, 0.717) is 6.42 Å². The molecule has 0 heterocycles. The van der Waals surface area contributed by atoms with Crippen molar-refractivity contribution in [1.82, 2.24) is 10.9 Å². The monoisotopic (exact) mass is 222 g/mol. The average Bonchev–Trinajstić information content (AvgIpc) is 2.29. The summed E-state index contributed by atoms with van der Waals surface area (Å²) in [6.07, 6.45) is 1.44. The number of benzene rings is 1. The molecule has 0 aromatic heterocycles. The van der Waals surface area contributed by atoms with Crippen LogP contribution in [0.3, 0.4) is 0 Å². The van der Waals surface area contributed by atoms with Crippen LogP contribution in [0.5, 0.6) is 0 Å². The molecule has 0 radical (unpaired) electrons. The number of carboxylic acids is 1. The van der Waals surface area contributed by atoms with Gasteiger partial charge < -0.3 is 5.11 Å². The Morgan fingerprint density at radius 1 is 1.38 bits per heavy atom. The van der Waals surface area contributed by atoms with E-state index < -0.39 is 12.0 Å². The van der Waals surface area contributed by atoms with Crippen molar-refractivity contribution < 1.29 is 9.90 Å². The van der Waals surface area contributed by atoms with Crippen molar-refractivity contribution in [1.29, 1.82) is 0 Å². The van der Waals surface area contributed by atoms with Gasteiger partial charge in [0.1, 0.15) is 6.04 Å². The van der Waals surface area contributed by atoms with Gasteiger partial charge in [-0.3, -0.25) is 10.2 Å². The Hall–Kier alpha value is -1.39. The third-order valence-corrected chi connectivity index (χ3v) is 2.23. The lowest BCUT2D eigenvalue weighted by Crippen LogP contribution is -2.47. The molecule has 1 rings (SSSR count). The molecule has 0 saturated carbocycles. The second-order valence-electron chi connectivity index (χ2n) is 3.65. The lowest BCUT2D eigenvalue weighted by molar-refractivity contribution is -0.139. The van der Waals surface area contributed by atoms with Gasteiger partial charge in [0, 0.05) is 6.54 Å². The van der Waals surface area contributed by atoms with Gasteiger partial charge in [-0.05, 0) is 18.4 Å². The van der Waals surface area contributed by atoms with Crippen LogP contribution in [0.1, 0.15) is 18.9 Å². The summed E-state index contributed by atoms with van der Waals surface area (Å²) < 4.78 is 0. The van der Waals surface area contributed by atoms with Crippen LogP contribution in [0, 0.1) is 0 Å². The minimum Gasteiger partial charge on any atom is -0.480 e. The van der Waals surface area contributed by atoms with Crippen molar-refractivity contribution in [3.05, 3.63) is 35.9 Å². The van der Waals surface area contributed by atoms with Crippen molar-refractivity contribution in [2.24, 2.45) is 0 Å². The second kappa shape index (κ2) is 6.98. The van der Waals surface area contributed by atoms with Crippen LogP contribution in [0.15, 0.2) is 30.3 Å². The number of carboxylic acid groups (broad SMARTS) is 1. The van der Waals surface area contributed by atoms with Gasteiger partial charge in [0.2, 0.25) is 0 Å². The maximum Gasteiger partial charge on any atom is 0.322 e. The fraction of sp³-hybridized carbons (Fsp3) is 0.417. The fourth-order valence-electron chi connectivity index (χ4n) is 1.37. The molecule has 0 fully saturated rings. The molecule has 1 aromatic rings. The molecule has 88 valence electrons. The summed E-state index contributed by atoms with van der Waals surface area (Å²) in [5, 5.41) is 9.03. The highest BCUT2D eigenvalue weighted by atomic mass is 16.4. The van der Waals surface area contributed by atoms with E-state index in [4.69, 9.17) is 5.11 Å². The van der Waals surface area contributed by atoms with E-state index in [9.17, 15) is 4.79 Å². The van der Waals surface area contributed by atoms with Gasteiger partial charge in [0.25, 0.3) is 0 Å². The molecule has 4 nitrogen and oxygen atoms in total. The SMILES string of the molecule is CCCNN[C@@H](Cc1ccccc1)C(=O)O. The van der Waals surface area contributed by atoms with Crippen molar-refractivity contribution >= 4 is 5.97 Å². The molecule has 1 atom stereocenters. The molecule has 0 aliphatic heterocycles. The topological polar surface area (TPSA) is 61.4 Å². The minimum absolute atomic E-state index is 0.479. The van der Waals surface area contributed by atoms with Crippen molar-refractivity contribution in [2.75, 3.05) is 6.54 Å². The van der Waals surface area contributed by atoms with E-state index in [0.717, 1.165) is 18.5 Å². The Balaban J connectivity index is 2.48. The van der Waals surface area contributed by atoms with Crippen molar-refractivity contribution in [2.45, 2.75) is 25.8 Å². The zero-order chi connectivity index (χ0) is 11.8. The zero-order valence-corrected chi connectivity index (χ0v) is 9.44. The van der Waals surface area contributed by atoms with E-state index in [1.807, 2.05) is 37.3 Å². The van der Waals surface area contributed by atoms with Crippen LogP contribution >= 0.6 is 0 Å². The van der Waals surface area contributed by atoms with Crippen LogP contribution in [-0.4, -0.2) is 23.7 Å². The van der Waals surface area contributed by atoms with Crippen LogP contribution in [0.2, 0.25) is 0 Å². The number of nitrogens with one attached hydrogen (secondary N) is 2. The number of rotatable bonds is 7. The molecule has 16 heavy (non-hydrogen) atoms. The molecule has 3 N–H and O–H groups in total. The first kappa shape index (κ1) is 12.7. The predicted octanol–water partition coefficient (Wildman–Crippen LogP) is 1.19. The molecule has 0 aliphatic carbocycles. The van der Waals surface area contributed by atoms with Crippen LogP contribution in [-0.2, 0) is 11.2 Å². The first-order valence-corrected chi connectivity index (χ1v) is 5.49. The highest BCUT2D eigenvalue weighted by molar-refractivity contribution is 5.73. The van der Waals surface area contributed by atoms with E-state index in [-0.39, 0.29) is 0 Å². The molecule has 0 spiro atoms. The smallest absolute Gasteiger partial charge is 0.322 e. The Morgan fingerprint density at radius 2 is 2.06 bits per heavy atom. The van der Waals surface area contributed by atoms with E-state index in [2.05, 4.69) is 10.9 Å². The summed E-state index contributed by atoms with van der Waals surface area (Å²) >= 11 is 0. The largest absolute Gasteiger partial charge is 0.480 e. The van der Waals surface area contributed by atoms with Gasteiger partial charge in [-0.15, -0.1) is 0 Å². The van der Waals surface area contributed by atoms with E-state index in [1.54, 1.807) is 0 Å². The van der Waals surface area contributed by atoms with Gasteiger partial charge in [-0.25, -0.2) is 5.43 Å². The first-order valence-electron chi connectivity index (χ1n) is 5.49. The Morgan fingerprint density at radius 3 is 2.62 bits per heavy atom. The maximum absolute atomic E-state index is 11.0. The summed E-state index contributed by atoms with van der Waals surface area (Å²) in [4.78, 5) is 11.0. The lowest BCUT2D eigenvalue weighted by atomic mass is 10.1. The van der Waals surface area contributed by atoms with Crippen molar-refractivity contribution in [3.8, 4) is 0 Å². The summed E-state index contributed by atoms with van der Waals surface area (Å²) in [7, 11) is 0. The van der Waals surface area contributed by atoms with Crippen LogP contribution < -0.4 is 10.9 Å². The molecule has 4 heteroatoms. The second-order valence-corrected chi connectivity index (χ2v) is 3.65. The third kappa shape index (κ3) is 4.42. The van der Waals surface area contributed by atoms with Gasteiger partial charge in [0.05, 0.1) is 0 Å². The number of hydrazine groups is 1. The van der Waals surface area contributed by atoms with Crippen LogP contribution in [0.4, 0.5) is 0 Å². The number of hydrogen-bond acceptors (Lipinski definition) is 3. The Labute approximate surface area is 95.6 Å². The van der Waals surface area contributed by atoms with E-state index in [1.165, 1.54) is 0 Å². The van der Waals surface area contributed by atoms with Gasteiger partial charge >= 0.3 is 5.97 Å². The minimum atomic E-state index is -0.840. The van der Waals surface area contributed by atoms with Gasteiger partial charge in [-0.2, -0.15) is 0 Å². The van der Waals surface area contributed by atoms with Gasteiger partial charge in [0.15, 0.2) is 0 Å². The number of carbonyl (C=O) groups is 1. The molecule has 0 aliphatic rings. The fourth-order valence-corrected chi connectivity index (χ4v) is 1.37.